The molecule has 0 spiro atoms. The van der Waals surface area contributed by atoms with Gasteiger partial charge < -0.3 is 15.2 Å². The van der Waals surface area contributed by atoms with E-state index in [1.165, 1.54) is 7.11 Å². The normalized spacial score (nSPS) is 11.7. The topological polar surface area (TPSA) is 75.6 Å². The van der Waals surface area contributed by atoms with Gasteiger partial charge in [-0.2, -0.15) is 0 Å². The summed E-state index contributed by atoms with van der Waals surface area (Å²) in [6, 6.07) is 6.38. The van der Waals surface area contributed by atoms with Crippen LogP contribution in [0.3, 0.4) is 0 Å². The number of hydrogen-bond donors (Lipinski definition) is 2. The second-order valence-corrected chi connectivity index (χ2v) is 4.59. The number of hydrogen-bond acceptors (Lipinski definition) is 3. The number of carbonyl (C=O) groups is 2. The summed E-state index contributed by atoms with van der Waals surface area (Å²) in [4.78, 5) is 23.0. The van der Waals surface area contributed by atoms with E-state index in [0.717, 1.165) is 18.4 Å². The monoisotopic (exact) mass is 279 g/mol. The van der Waals surface area contributed by atoms with E-state index in [9.17, 15) is 9.59 Å². The van der Waals surface area contributed by atoms with Gasteiger partial charge >= 0.3 is 5.97 Å². The average molecular weight is 279 g/mol. The molecule has 0 aliphatic carbocycles. The number of methoxy groups -OCH3 is 1. The van der Waals surface area contributed by atoms with Crippen molar-refractivity contribution in [2.75, 3.05) is 7.11 Å². The van der Waals surface area contributed by atoms with Gasteiger partial charge in [0.15, 0.2) is 0 Å². The first-order valence-electron chi connectivity index (χ1n) is 6.72. The van der Waals surface area contributed by atoms with Gasteiger partial charge in [0.1, 0.15) is 11.8 Å². The molecule has 0 aliphatic heterocycles. The van der Waals surface area contributed by atoms with Crippen molar-refractivity contribution in [3.8, 4) is 5.75 Å². The number of carboxylic acids is 1. The molecule has 0 saturated carbocycles. The van der Waals surface area contributed by atoms with Gasteiger partial charge in [0, 0.05) is 5.56 Å². The smallest absolute Gasteiger partial charge is 0.326 e. The summed E-state index contributed by atoms with van der Waals surface area (Å²) in [5, 5.41) is 11.6. The average Bonchev–Trinajstić information content (AvgIpc) is 2.43. The van der Waals surface area contributed by atoms with E-state index in [1.54, 1.807) is 12.1 Å². The SMILES string of the molecule is CCCCC(NC(=O)Cc1ccccc1OC)C(=O)O. The fourth-order valence-electron chi connectivity index (χ4n) is 1.93. The number of carboxylic acid groups (broad SMARTS) is 1. The molecule has 0 fully saturated rings. The number of benzene rings is 1. The molecule has 1 unspecified atom stereocenters. The maximum absolute atomic E-state index is 11.9. The van der Waals surface area contributed by atoms with E-state index in [-0.39, 0.29) is 12.3 Å². The highest BCUT2D eigenvalue weighted by Gasteiger charge is 2.19. The van der Waals surface area contributed by atoms with Crippen LogP contribution in [-0.4, -0.2) is 30.1 Å². The van der Waals surface area contributed by atoms with Crippen molar-refractivity contribution in [1.82, 2.24) is 5.32 Å². The standard InChI is InChI=1S/C15H21NO4/c1-3-4-8-12(15(18)19)16-14(17)10-11-7-5-6-9-13(11)20-2/h5-7,9,12H,3-4,8,10H2,1-2H3,(H,16,17)(H,18,19). The zero-order valence-electron chi connectivity index (χ0n) is 11.9. The minimum absolute atomic E-state index is 0.111. The first-order chi connectivity index (χ1) is 9.58. The van der Waals surface area contributed by atoms with Crippen LogP contribution in [0.5, 0.6) is 5.75 Å². The number of nitrogens with one attached hydrogen (secondary N) is 1. The van der Waals surface area contributed by atoms with Crippen LogP contribution < -0.4 is 10.1 Å². The quantitative estimate of drug-likeness (QED) is 0.763. The van der Waals surface area contributed by atoms with Gasteiger partial charge in [0.05, 0.1) is 13.5 Å². The number of carbonyl (C=O) groups excluding carboxylic acids is 1. The van der Waals surface area contributed by atoms with Crippen LogP contribution in [-0.2, 0) is 16.0 Å². The van der Waals surface area contributed by atoms with Crippen molar-refractivity contribution in [3.05, 3.63) is 29.8 Å². The van der Waals surface area contributed by atoms with E-state index in [0.29, 0.717) is 12.2 Å². The Morgan fingerprint density at radius 2 is 2.05 bits per heavy atom. The van der Waals surface area contributed by atoms with E-state index in [2.05, 4.69) is 5.32 Å². The maximum atomic E-state index is 11.9. The number of amides is 1. The van der Waals surface area contributed by atoms with E-state index in [4.69, 9.17) is 9.84 Å². The van der Waals surface area contributed by atoms with Crippen LogP contribution in [0.25, 0.3) is 0 Å². The molecule has 1 atom stereocenters. The van der Waals surface area contributed by atoms with Crippen LogP contribution in [0, 0.1) is 0 Å². The molecule has 0 radical (unpaired) electrons. The molecule has 1 rings (SSSR count). The van der Waals surface area contributed by atoms with Crippen LogP contribution >= 0.6 is 0 Å². The third-order valence-electron chi connectivity index (χ3n) is 3.02. The van der Waals surface area contributed by atoms with Crippen LogP contribution in [0.15, 0.2) is 24.3 Å². The Hall–Kier alpha value is -2.04. The summed E-state index contributed by atoms with van der Waals surface area (Å²) < 4.78 is 5.17. The van der Waals surface area contributed by atoms with Gasteiger partial charge in [-0.25, -0.2) is 4.79 Å². The summed E-state index contributed by atoms with van der Waals surface area (Å²) in [6.45, 7) is 1.98. The third-order valence-corrected chi connectivity index (χ3v) is 3.02. The predicted molar refractivity (Wildman–Crippen MR) is 75.8 cm³/mol. The van der Waals surface area contributed by atoms with Crippen LogP contribution in [0.1, 0.15) is 31.7 Å². The predicted octanol–water partition coefficient (Wildman–Crippen LogP) is 2.00. The second kappa shape index (κ2) is 8.19. The molecule has 0 aliphatic rings. The largest absolute Gasteiger partial charge is 0.496 e. The lowest BCUT2D eigenvalue weighted by Crippen LogP contribution is -2.41. The number of ether oxygens (including phenoxy) is 1. The van der Waals surface area contributed by atoms with Gasteiger partial charge in [-0.05, 0) is 12.5 Å². The first kappa shape index (κ1) is 16.0. The third kappa shape index (κ3) is 4.91. The van der Waals surface area contributed by atoms with Crippen molar-refractivity contribution < 1.29 is 19.4 Å². The van der Waals surface area contributed by atoms with Crippen LogP contribution in [0.4, 0.5) is 0 Å². The summed E-state index contributed by atoms with van der Waals surface area (Å²) in [6.07, 6.45) is 2.22. The number of unbranched alkanes of at least 4 members (excludes halogenated alkanes) is 1. The van der Waals surface area contributed by atoms with Crippen molar-refractivity contribution in [1.29, 1.82) is 0 Å². The Kier molecular flexibility index (Phi) is 6.56. The Morgan fingerprint density at radius 3 is 2.65 bits per heavy atom. The lowest BCUT2D eigenvalue weighted by molar-refractivity contribution is -0.142. The lowest BCUT2D eigenvalue weighted by Gasteiger charge is -2.14. The summed E-state index contributed by atoms with van der Waals surface area (Å²) in [5.74, 6) is -0.673. The van der Waals surface area contributed by atoms with Gasteiger partial charge in [0.2, 0.25) is 5.91 Å². The van der Waals surface area contributed by atoms with E-state index < -0.39 is 12.0 Å². The van der Waals surface area contributed by atoms with Gasteiger partial charge in [-0.15, -0.1) is 0 Å². The molecule has 1 aromatic carbocycles. The Morgan fingerprint density at radius 1 is 1.35 bits per heavy atom. The molecule has 5 nitrogen and oxygen atoms in total. The number of para-hydroxylation sites is 1. The minimum Gasteiger partial charge on any atom is -0.496 e. The molecule has 5 heteroatoms. The molecule has 2 N–H and O–H groups in total. The first-order valence-corrected chi connectivity index (χ1v) is 6.72. The Balaban J connectivity index is 2.63. The van der Waals surface area contributed by atoms with Crippen molar-refractivity contribution in [2.24, 2.45) is 0 Å². The fraction of sp³-hybridized carbons (Fsp3) is 0.467. The minimum atomic E-state index is -0.994. The molecular formula is C15H21NO4. The summed E-state index contributed by atoms with van der Waals surface area (Å²) in [5.41, 5.74) is 0.743. The molecule has 20 heavy (non-hydrogen) atoms. The lowest BCUT2D eigenvalue weighted by atomic mass is 10.1. The Labute approximate surface area is 118 Å². The van der Waals surface area contributed by atoms with Gasteiger partial charge in [-0.1, -0.05) is 38.0 Å². The molecule has 1 amide bonds. The van der Waals surface area contributed by atoms with Crippen molar-refractivity contribution >= 4 is 11.9 Å². The van der Waals surface area contributed by atoms with Gasteiger partial charge in [-0.3, -0.25) is 4.79 Å². The van der Waals surface area contributed by atoms with E-state index >= 15 is 0 Å². The second-order valence-electron chi connectivity index (χ2n) is 4.59. The number of rotatable bonds is 8. The molecule has 0 bridgehead atoms. The maximum Gasteiger partial charge on any atom is 0.326 e. The molecule has 1 aromatic rings. The van der Waals surface area contributed by atoms with Crippen LogP contribution in [0.2, 0.25) is 0 Å². The summed E-state index contributed by atoms with van der Waals surface area (Å²) >= 11 is 0. The fourth-order valence-corrected chi connectivity index (χ4v) is 1.93. The van der Waals surface area contributed by atoms with E-state index in [1.807, 2.05) is 19.1 Å². The van der Waals surface area contributed by atoms with Crippen molar-refractivity contribution in [3.63, 3.8) is 0 Å². The molecule has 0 heterocycles. The highest BCUT2D eigenvalue weighted by Crippen LogP contribution is 2.17. The molecule has 0 saturated heterocycles. The highest BCUT2D eigenvalue weighted by molar-refractivity contribution is 5.85. The highest BCUT2D eigenvalue weighted by atomic mass is 16.5. The zero-order valence-corrected chi connectivity index (χ0v) is 11.9. The molecule has 110 valence electrons. The molecule has 0 aromatic heterocycles. The van der Waals surface area contributed by atoms with Crippen molar-refractivity contribution in [2.45, 2.75) is 38.6 Å². The zero-order chi connectivity index (χ0) is 15.0. The van der Waals surface area contributed by atoms with Gasteiger partial charge in [0.25, 0.3) is 0 Å². The molecular weight excluding hydrogens is 258 g/mol. The number of aliphatic carboxylic acids is 1. The summed E-state index contributed by atoms with van der Waals surface area (Å²) in [7, 11) is 1.54. The Bertz CT molecular complexity index is 459.